The van der Waals surface area contributed by atoms with Crippen molar-refractivity contribution in [1.82, 2.24) is 4.98 Å². The van der Waals surface area contributed by atoms with E-state index in [0.29, 0.717) is 31.8 Å². The Kier molecular flexibility index (Phi) is 5.00. The number of ether oxygens (including phenoxy) is 1. The molecular weight excluding hydrogens is 386 g/mol. The van der Waals surface area contributed by atoms with Gasteiger partial charge in [-0.25, -0.2) is 4.98 Å². The lowest BCUT2D eigenvalue weighted by atomic mass is 10.0. The molecule has 0 radical (unpaired) electrons. The molecule has 5 rings (SSSR count). The number of carbonyl (C=O) groups is 1. The molecule has 2 heterocycles. The summed E-state index contributed by atoms with van der Waals surface area (Å²) in [5.74, 6) is 1.36. The highest BCUT2D eigenvalue weighted by Crippen LogP contribution is 2.36. The Balaban J connectivity index is 1.33. The van der Waals surface area contributed by atoms with E-state index in [1.165, 1.54) is 0 Å². The second-order valence-electron chi connectivity index (χ2n) is 7.69. The summed E-state index contributed by atoms with van der Waals surface area (Å²) in [6.45, 7) is 1.06. The number of anilines is 2. The molecule has 2 N–H and O–H groups in total. The van der Waals surface area contributed by atoms with Crippen molar-refractivity contribution in [3.8, 4) is 16.9 Å². The van der Waals surface area contributed by atoms with Gasteiger partial charge >= 0.3 is 0 Å². The normalized spacial score (nSPS) is 13.0. The van der Waals surface area contributed by atoms with Crippen molar-refractivity contribution in [2.24, 2.45) is 0 Å². The number of pyridine rings is 1. The van der Waals surface area contributed by atoms with Crippen LogP contribution in [0.15, 0.2) is 79.0 Å². The zero-order chi connectivity index (χ0) is 21.2. The molecule has 1 amide bonds. The summed E-state index contributed by atoms with van der Waals surface area (Å²) in [5.41, 5.74) is 10.1. The molecule has 5 heteroatoms. The van der Waals surface area contributed by atoms with Gasteiger partial charge in [0.1, 0.15) is 18.2 Å². The summed E-state index contributed by atoms with van der Waals surface area (Å²) < 4.78 is 5.88. The van der Waals surface area contributed by atoms with Gasteiger partial charge in [-0.15, -0.1) is 0 Å². The Bertz CT molecular complexity index is 1250. The second kappa shape index (κ2) is 8.11. The summed E-state index contributed by atoms with van der Waals surface area (Å²) >= 11 is 0. The molecule has 3 aromatic carbocycles. The number of fused-ring (bicyclic) bond motifs is 2. The molecule has 1 aromatic heterocycles. The number of aryl methyl sites for hydroxylation is 1. The van der Waals surface area contributed by atoms with Crippen LogP contribution in [-0.4, -0.2) is 24.0 Å². The van der Waals surface area contributed by atoms with Gasteiger partial charge in [0.15, 0.2) is 0 Å². The molecule has 1 aliphatic rings. The maximum Gasteiger partial charge on any atom is 0.227 e. The van der Waals surface area contributed by atoms with E-state index in [4.69, 9.17) is 10.5 Å². The zero-order valence-corrected chi connectivity index (χ0v) is 17.1. The van der Waals surface area contributed by atoms with Crippen LogP contribution in [0.2, 0.25) is 0 Å². The van der Waals surface area contributed by atoms with E-state index in [2.05, 4.69) is 23.2 Å². The first-order valence-corrected chi connectivity index (χ1v) is 10.4. The van der Waals surface area contributed by atoms with Crippen molar-refractivity contribution < 1.29 is 9.53 Å². The average molecular weight is 409 g/mol. The predicted molar refractivity (Wildman–Crippen MR) is 124 cm³/mol. The summed E-state index contributed by atoms with van der Waals surface area (Å²) in [7, 11) is 0. The van der Waals surface area contributed by atoms with Gasteiger partial charge in [-0.2, -0.15) is 0 Å². The zero-order valence-electron chi connectivity index (χ0n) is 17.1. The van der Waals surface area contributed by atoms with Crippen LogP contribution in [0.5, 0.6) is 5.75 Å². The average Bonchev–Trinajstić information content (AvgIpc) is 2.82. The predicted octanol–water partition coefficient (Wildman–Crippen LogP) is 4.84. The number of hydrogen-bond acceptors (Lipinski definition) is 4. The molecule has 0 saturated heterocycles. The number of nitrogens with zero attached hydrogens (tertiary/aromatic N) is 2. The monoisotopic (exact) mass is 409 g/mol. The van der Waals surface area contributed by atoms with Crippen LogP contribution in [0, 0.1) is 0 Å². The fraction of sp³-hybridized carbons (Fsp3) is 0.154. The number of carbonyl (C=O) groups excluding carboxylic acids is 1. The van der Waals surface area contributed by atoms with Crippen molar-refractivity contribution >= 4 is 28.2 Å². The third-order valence-electron chi connectivity index (χ3n) is 5.72. The van der Waals surface area contributed by atoms with E-state index < -0.39 is 0 Å². The van der Waals surface area contributed by atoms with Crippen molar-refractivity contribution in [1.29, 1.82) is 0 Å². The first-order chi connectivity index (χ1) is 15.2. The van der Waals surface area contributed by atoms with Gasteiger partial charge in [-0.05, 0) is 52.8 Å². The lowest BCUT2D eigenvalue weighted by Crippen LogP contribution is -2.38. The Hall–Kier alpha value is -3.86. The highest BCUT2D eigenvalue weighted by molar-refractivity contribution is 5.96. The smallest absolute Gasteiger partial charge is 0.227 e. The molecular formula is C26H23N3O2. The van der Waals surface area contributed by atoms with Gasteiger partial charge < -0.3 is 15.4 Å². The first kappa shape index (κ1) is 19.1. The molecule has 0 saturated carbocycles. The summed E-state index contributed by atoms with van der Waals surface area (Å²) in [4.78, 5) is 19.1. The topological polar surface area (TPSA) is 68.5 Å². The van der Waals surface area contributed by atoms with E-state index in [-0.39, 0.29) is 5.91 Å². The van der Waals surface area contributed by atoms with Gasteiger partial charge in [0.05, 0.1) is 12.2 Å². The number of nitrogens with two attached hydrogens (primary N) is 1. The molecule has 0 fully saturated rings. The molecule has 31 heavy (non-hydrogen) atoms. The fourth-order valence-electron chi connectivity index (χ4n) is 4.07. The largest absolute Gasteiger partial charge is 0.490 e. The van der Waals surface area contributed by atoms with Gasteiger partial charge in [-0.3, -0.25) is 4.79 Å². The molecule has 0 spiro atoms. The minimum atomic E-state index is 0.0938. The van der Waals surface area contributed by atoms with E-state index in [0.717, 1.165) is 38.9 Å². The van der Waals surface area contributed by atoms with Crippen LogP contribution in [0.25, 0.3) is 21.9 Å². The van der Waals surface area contributed by atoms with Crippen LogP contribution in [-0.2, 0) is 11.2 Å². The number of amides is 1. The molecule has 5 nitrogen and oxygen atoms in total. The highest BCUT2D eigenvalue weighted by atomic mass is 16.5. The molecule has 4 aromatic rings. The molecule has 0 unspecified atom stereocenters. The Morgan fingerprint density at radius 2 is 1.87 bits per heavy atom. The van der Waals surface area contributed by atoms with Gasteiger partial charge in [0, 0.05) is 18.0 Å². The van der Waals surface area contributed by atoms with E-state index in [9.17, 15) is 4.79 Å². The minimum absolute atomic E-state index is 0.0938. The van der Waals surface area contributed by atoms with Crippen molar-refractivity contribution in [3.05, 3.63) is 84.6 Å². The second-order valence-corrected chi connectivity index (χ2v) is 7.69. The van der Waals surface area contributed by atoms with Crippen molar-refractivity contribution in [2.45, 2.75) is 12.8 Å². The third-order valence-corrected chi connectivity index (χ3v) is 5.72. The molecule has 154 valence electrons. The maximum atomic E-state index is 13.1. The molecule has 0 aliphatic carbocycles. The summed E-state index contributed by atoms with van der Waals surface area (Å²) in [6, 6.07) is 24.3. The van der Waals surface area contributed by atoms with Crippen LogP contribution < -0.4 is 15.4 Å². The number of nitrogen functional groups attached to an aromatic ring is 1. The van der Waals surface area contributed by atoms with Crippen LogP contribution >= 0.6 is 0 Å². The van der Waals surface area contributed by atoms with E-state index in [1.54, 1.807) is 6.20 Å². The maximum absolute atomic E-state index is 13.1. The number of hydrogen-bond donors (Lipinski definition) is 1. The number of benzene rings is 3. The molecule has 0 atom stereocenters. The van der Waals surface area contributed by atoms with Gasteiger partial charge in [-0.1, -0.05) is 48.5 Å². The van der Waals surface area contributed by atoms with Crippen LogP contribution in [0.1, 0.15) is 12.0 Å². The first-order valence-electron chi connectivity index (χ1n) is 10.4. The third kappa shape index (κ3) is 3.82. The fourth-order valence-corrected chi connectivity index (χ4v) is 4.07. The summed E-state index contributed by atoms with van der Waals surface area (Å²) in [6.07, 6.45) is 2.78. The molecule has 1 aliphatic heterocycles. The number of aromatic nitrogens is 1. The Morgan fingerprint density at radius 1 is 1.00 bits per heavy atom. The standard InChI is InChI=1S/C26H23N3O2/c27-26-22-16-18(6-8-20(22)12-13-28-26)7-11-25(30)29-14-15-31-24-17-21(9-10-23(24)29)19-4-2-1-3-5-19/h1-6,8-10,12-13,16-17H,7,11,14-15H2,(H2,27,28). The van der Waals surface area contributed by atoms with E-state index >= 15 is 0 Å². The quantitative estimate of drug-likeness (QED) is 0.524. The van der Waals surface area contributed by atoms with E-state index in [1.807, 2.05) is 59.5 Å². The van der Waals surface area contributed by atoms with Crippen molar-refractivity contribution in [2.75, 3.05) is 23.8 Å². The number of rotatable bonds is 4. The van der Waals surface area contributed by atoms with Crippen LogP contribution in [0.3, 0.4) is 0 Å². The lowest BCUT2D eigenvalue weighted by molar-refractivity contribution is -0.118. The SMILES string of the molecule is Nc1nccc2ccc(CCC(=O)N3CCOc4cc(-c5ccccc5)ccc43)cc12. The van der Waals surface area contributed by atoms with Gasteiger partial charge in [0.2, 0.25) is 5.91 Å². The minimum Gasteiger partial charge on any atom is -0.490 e. The lowest BCUT2D eigenvalue weighted by Gasteiger charge is -2.30. The van der Waals surface area contributed by atoms with Crippen LogP contribution in [0.4, 0.5) is 11.5 Å². The Labute approximate surface area is 181 Å². The summed E-state index contributed by atoms with van der Waals surface area (Å²) in [5, 5.41) is 1.98. The van der Waals surface area contributed by atoms with Crippen molar-refractivity contribution in [3.63, 3.8) is 0 Å². The van der Waals surface area contributed by atoms with Gasteiger partial charge in [0.25, 0.3) is 0 Å². The Morgan fingerprint density at radius 3 is 2.74 bits per heavy atom. The highest BCUT2D eigenvalue weighted by Gasteiger charge is 2.24. The molecule has 0 bridgehead atoms.